The fraction of sp³-hybridized carbons (Fsp3) is 0.133. The molecule has 2 aromatic carbocycles. The van der Waals surface area contributed by atoms with Gasteiger partial charge in [0.25, 0.3) is 5.91 Å². The third-order valence-corrected chi connectivity index (χ3v) is 3.05. The predicted octanol–water partition coefficient (Wildman–Crippen LogP) is 3.79. The van der Waals surface area contributed by atoms with Gasteiger partial charge in [-0.15, -0.1) is 12.6 Å². The number of carbonyl (C=O) groups excluding carboxylic acids is 1. The van der Waals surface area contributed by atoms with Gasteiger partial charge in [0, 0.05) is 16.1 Å². The highest BCUT2D eigenvalue weighted by Gasteiger charge is 2.05. The summed E-state index contributed by atoms with van der Waals surface area (Å²) in [5.41, 5.74) is 2.70. The Kier molecular flexibility index (Phi) is 4.05. The van der Waals surface area contributed by atoms with E-state index < -0.39 is 0 Å². The molecule has 0 aliphatic carbocycles. The first-order valence-corrected chi connectivity index (χ1v) is 6.33. The molecule has 2 nitrogen and oxygen atoms in total. The number of thiol groups is 1. The number of aryl methyl sites for hydroxylation is 1. The molecule has 0 aromatic heterocycles. The predicted molar refractivity (Wildman–Crippen MR) is 77.5 cm³/mol. The zero-order chi connectivity index (χ0) is 13.0. The van der Waals surface area contributed by atoms with Gasteiger partial charge in [0.15, 0.2) is 0 Å². The zero-order valence-electron chi connectivity index (χ0n) is 10.2. The van der Waals surface area contributed by atoms with Crippen LogP contribution in [0.1, 0.15) is 22.8 Å². The summed E-state index contributed by atoms with van der Waals surface area (Å²) in [6.45, 7) is 2.10. The normalized spacial score (nSPS) is 10.1. The number of benzene rings is 2. The molecular weight excluding hydrogens is 242 g/mol. The van der Waals surface area contributed by atoms with Crippen molar-refractivity contribution in [3.8, 4) is 0 Å². The molecule has 0 atom stereocenters. The Hall–Kier alpha value is -1.74. The summed E-state index contributed by atoms with van der Waals surface area (Å²) >= 11 is 4.19. The maximum Gasteiger partial charge on any atom is 0.255 e. The molecule has 0 saturated heterocycles. The van der Waals surface area contributed by atoms with Gasteiger partial charge in [0.1, 0.15) is 0 Å². The number of nitrogens with one attached hydrogen (secondary N) is 1. The highest BCUT2D eigenvalue weighted by Crippen LogP contribution is 2.13. The fourth-order valence-corrected chi connectivity index (χ4v) is 1.79. The molecule has 0 radical (unpaired) electrons. The highest BCUT2D eigenvalue weighted by atomic mass is 32.1. The smallest absolute Gasteiger partial charge is 0.255 e. The van der Waals surface area contributed by atoms with Gasteiger partial charge in [-0.05, 0) is 48.4 Å². The molecule has 1 N–H and O–H groups in total. The molecule has 1 amide bonds. The fourth-order valence-electron chi connectivity index (χ4n) is 1.64. The van der Waals surface area contributed by atoms with Gasteiger partial charge in [0.2, 0.25) is 0 Å². The zero-order valence-corrected chi connectivity index (χ0v) is 11.1. The van der Waals surface area contributed by atoms with Crippen molar-refractivity contribution in [2.75, 3.05) is 5.32 Å². The molecular formula is C15H15NOS. The van der Waals surface area contributed by atoms with E-state index in [0.717, 1.165) is 17.0 Å². The monoisotopic (exact) mass is 257 g/mol. The Labute approximate surface area is 112 Å². The van der Waals surface area contributed by atoms with Crippen molar-refractivity contribution in [3.63, 3.8) is 0 Å². The minimum absolute atomic E-state index is 0.104. The first-order chi connectivity index (χ1) is 8.69. The SMILES string of the molecule is CCc1ccc(NC(=O)c2ccc(S)cc2)cc1. The van der Waals surface area contributed by atoms with Crippen LogP contribution in [0, 0.1) is 0 Å². The molecule has 2 aromatic rings. The van der Waals surface area contributed by atoms with Crippen molar-refractivity contribution in [1.82, 2.24) is 0 Å². The van der Waals surface area contributed by atoms with E-state index in [2.05, 4.69) is 24.9 Å². The van der Waals surface area contributed by atoms with E-state index in [4.69, 9.17) is 0 Å². The van der Waals surface area contributed by atoms with Gasteiger partial charge >= 0.3 is 0 Å². The molecule has 0 aliphatic rings. The second-order valence-corrected chi connectivity index (χ2v) is 4.57. The van der Waals surface area contributed by atoms with E-state index in [1.54, 1.807) is 24.3 Å². The van der Waals surface area contributed by atoms with E-state index in [9.17, 15) is 4.79 Å². The van der Waals surface area contributed by atoms with E-state index in [0.29, 0.717) is 5.56 Å². The third kappa shape index (κ3) is 3.14. The summed E-state index contributed by atoms with van der Waals surface area (Å²) in [6.07, 6.45) is 0.998. The maximum absolute atomic E-state index is 11.9. The number of amides is 1. The number of rotatable bonds is 3. The summed E-state index contributed by atoms with van der Waals surface area (Å²) in [5.74, 6) is -0.104. The van der Waals surface area contributed by atoms with Gasteiger partial charge in [-0.2, -0.15) is 0 Å². The van der Waals surface area contributed by atoms with Crippen LogP contribution in [0.25, 0.3) is 0 Å². The average Bonchev–Trinajstić information content (AvgIpc) is 2.40. The van der Waals surface area contributed by atoms with Crippen LogP contribution in [0.2, 0.25) is 0 Å². The van der Waals surface area contributed by atoms with Crippen LogP contribution in [0.15, 0.2) is 53.4 Å². The molecule has 3 heteroatoms. The second-order valence-electron chi connectivity index (χ2n) is 4.05. The van der Waals surface area contributed by atoms with Gasteiger partial charge in [0.05, 0.1) is 0 Å². The number of carbonyl (C=O) groups is 1. The number of hydrogen-bond acceptors (Lipinski definition) is 2. The van der Waals surface area contributed by atoms with Crippen molar-refractivity contribution in [3.05, 3.63) is 59.7 Å². The van der Waals surface area contributed by atoms with Crippen LogP contribution in [-0.4, -0.2) is 5.91 Å². The Morgan fingerprint density at radius 1 is 1.06 bits per heavy atom. The third-order valence-electron chi connectivity index (χ3n) is 2.75. The minimum atomic E-state index is -0.104. The molecule has 0 fully saturated rings. The first kappa shape index (κ1) is 12.7. The van der Waals surface area contributed by atoms with E-state index in [-0.39, 0.29) is 5.91 Å². The summed E-state index contributed by atoms with van der Waals surface area (Å²) in [4.78, 5) is 12.8. The molecule has 92 valence electrons. The molecule has 0 aliphatic heterocycles. The standard InChI is InChI=1S/C15H15NOS/c1-2-11-3-7-13(8-4-11)16-15(17)12-5-9-14(18)10-6-12/h3-10,18H,2H2,1H3,(H,16,17). The lowest BCUT2D eigenvalue weighted by atomic mass is 10.1. The van der Waals surface area contributed by atoms with Crippen molar-refractivity contribution in [2.45, 2.75) is 18.2 Å². The van der Waals surface area contributed by atoms with E-state index in [1.807, 2.05) is 24.3 Å². The quantitative estimate of drug-likeness (QED) is 0.805. The Morgan fingerprint density at radius 3 is 2.22 bits per heavy atom. The van der Waals surface area contributed by atoms with Crippen molar-refractivity contribution >= 4 is 24.2 Å². The molecule has 0 spiro atoms. The maximum atomic E-state index is 11.9. The lowest BCUT2D eigenvalue weighted by Crippen LogP contribution is -2.11. The van der Waals surface area contributed by atoms with E-state index in [1.165, 1.54) is 5.56 Å². The van der Waals surface area contributed by atoms with Crippen LogP contribution in [0.3, 0.4) is 0 Å². The van der Waals surface area contributed by atoms with Crippen LogP contribution < -0.4 is 5.32 Å². The molecule has 0 bridgehead atoms. The van der Waals surface area contributed by atoms with Crippen molar-refractivity contribution in [2.24, 2.45) is 0 Å². The average molecular weight is 257 g/mol. The van der Waals surface area contributed by atoms with Gasteiger partial charge in [-0.1, -0.05) is 19.1 Å². The van der Waals surface area contributed by atoms with Crippen molar-refractivity contribution < 1.29 is 4.79 Å². The van der Waals surface area contributed by atoms with E-state index >= 15 is 0 Å². The second kappa shape index (κ2) is 5.74. The van der Waals surface area contributed by atoms with Crippen molar-refractivity contribution in [1.29, 1.82) is 0 Å². The largest absolute Gasteiger partial charge is 0.322 e. The lowest BCUT2D eigenvalue weighted by molar-refractivity contribution is 0.102. The van der Waals surface area contributed by atoms with Crippen LogP contribution >= 0.6 is 12.6 Å². The highest BCUT2D eigenvalue weighted by molar-refractivity contribution is 7.80. The summed E-state index contributed by atoms with van der Waals surface area (Å²) in [7, 11) is 0. The van der Waals surface area contributed by atoms with Crippen LogP contribution in [0.5, 0.6) is 0 Å². The first-order valence-electron chi connectivity index (χ1n) is 5.88. The van der Waals surface area contributed by atoms with Gasteiger partial charge < -0.3 is 5.32 Å². The molecule has 18 heavy (non-hydrogen) atoms. The van der Waals surface area contributed by atoms with Crippen LogP contribution in [-0.2, 0) is 6.42 Å². The molecule has 0 saturated carbocycles. The lowest BCUT2D eigenvalue weighted by Gasteiger charge is -2.06. The minimum Gasteiger partial charge on any atom is -0.322 e. The Bertz CT molecular complexity index is 531. The summed E-state index contributed by atoms with van der Waals surface area (Å²) < 4.78 is 0. The summed E-state index contributed by atoms with van der Waals surface area (Å²) in [6, 6.07) is 15.0. The van der Waals surface area contributed by atoms with Gasteiger partial charge in [-0.25, -0.2) is 0 Å². The van der Waals surface area contributed by atoms with Gasteiger partial charge in [-0.3, -0.25) is 4.79 Å². The topological polar surface area (TPSA) is 29.1 Å². The molecule has 2 rings (SSSR count). The summed E-state index contributed by atoms with van der Waals surface area (Å²) in [5, 5.41) is 2.87. The molecule has 0 unspecified atom stereocenters. The van der Waals surface area contributed by atoms with Crippen LogP contribution in [0.4, 0.5) is 5.69 Å². The molecule has 0 heterocycles. The number of hydrogen-bond donors (Lipinski definition) is 2. The Morgan fingerprint density at radius 2 is 1.67 bits per heavy atom. The Balaban J connectivity index is 2.08. The number of anilines is 1.